The molecule has 0 bridgehead atoms. The van der Waals surface area contributed by atoms with Gasteiger partial charge in [0, 0.05) is 12.6 Å². The monoisotopic (exact) mass is 325 g/mol. The maximum atomic E-state index is 11.1. The fraction of sp³-hybridized carbons (Fsp3) is 0.278. The van der Waals surface area contributed by atoms with E-state index in [1.165, 1.54) is 0 Å². The number of fused-ring (bicyclic) bond motifs is 1. The lowest BCUT2D eigenvalue weighted by molar-refractivity contribution is -0.137. The van der Waals surface area contributed by atoms with Crippen LogP contribution < -0.4 is 4.74 Å². The summed E-state index contributed by atoms with van der Waals surface area (Å²) in [5, 5.41) is 9.14. The van der Waals surface area contributed by atoms with Gasteiger partial charge in [-0.3, -0.25) is 4.79 Å². The van der Waals surface area contributed by atoms with Crippen LogP contribution in [0.4, 0.5) is 0 Å². The van der Waals surface area contributed by atoms with Crippen molar-refractivity contribution in [2.45, 2.75) is 26.3 Å². The Morgan fingerprint density at radius 3 is 2.83 bits per heavy atom. The van der Waals surface area contributed by atoms with E-state index in [1.54, 1.807) is 10.8 Å². The normalized spacial score (nSPS) is 10.9. The third-order valence-corrected chi connectivity index (χ3v) is 3.65. The smallest absolute Gasteiger partial charge is 0.323 e. The van der Waals surface area contributed by atoms with Crippen molar-refractivity contribution < 1.29 is 14.6 Å². The molecule has 2 heterocycles. The lowest BCUT2D eigenvalue weighted by Gasteiger charge is -2.07. The van der Waals surface area contributed by atoms with Gasteiger partial charge in [-0.1, -0.05) is 18.2 Å². The van der Waals surface area contributed by atoms with E-state index >= 15 is 0 Å². The van der Waals surface area contributed by atoms with E-state index in [0.29, 0.717) is 18.7 Å². The molecule has 0 amide bonds. The molecule has 0 aliphatic carbocycles. The second kappa shape index (κ2) is 7.12. The summed E-state index contributed by atoms with van der Waals surface area (Å²) in [5.41, 5.74) is 2.35. The number of hydrogen-bond donors (Lipinski definition) is 1. The van der Waals surface area contributed by atoms with E-state index in [0.717, 1.165) is 29.1 Å². The third-order valence-electron chi connectivity index (χ3n) is 3.65. The molecule has 24 heavy (non-hydrogen) atoms. The van der Waals surface area contributed by atoms with Gasteiger partial charge >= 0.3 is 5.97 Å². The van der Waals surface area contributed by atoms with E-state index < -0.39 is 5.97 Å². The Hall–Kier alpha value is -2.89. The minimum Gasteiger partial charge on any atom is -0.494 e. The lowest BCUT2D eigenvalue weighted by atomic mass is 10.3. The summed E-state index contributed by atoms with van der Waals surface area (Å²) in [6.07, 6.45) is 3.11. The molecule has 0 aliphatic rings. The highest BCUT2D eigenvalue weighted by atomic mass is 16.5. The quantitative estimate of drug-likeness (QED) is 0.676. The van der Waals surface area contributed by atoms with Crippen LogP contribution in [0.2, 0.25) is 0 Å². The number of pyridine rings is 1. The predicted octanol–water partition coefficient (Wildman–Crippen LogP) is 2.84. The van der Waals surface area contributed by atoms with Gasteiger partial charge in [0.1, 0.15) is 23.6 Å². The van der Waals surface area contributed by atoms with Crippen LogP contribution in [0.15, 0.2) is 42.6 Å². The first-order valence-electron chi connectivity index (χ1n) is 7.85. The summed E-state index contributed by atoms with van der Waals surface area (Å²) in [7, 11) is 0. The van der Waals surface area contributed by atoms with E-state index in [4.69, 9.17) is 9.84 Å². The Labute approximate surface area is 139 Å². The average Bonchev–Trinajstić information content (AvgIpc) is 2.89. The van der Waals surface area contributed by atoms with E-state index in [2.05, 4.69) is 9.97 Å². The number of imidazole rings is 1. The van der Waals surface area contributed by atoms with Crippen LogP contribution in [0.3, 0.4) is 0 Å². The van der Waals surface area contributed by atoms with Gasteiger partial charge in [-0.15, -0.1) is 0 Å². The highest BCUT2D eigenvalue weighted by Crippen LogP contribution is 2.17. The molecule has 0 radical (unpaired) electrons. The molecular formula is C18H19N3O3. The summed E-state index contributed by atoms with van der Waals surface area (Å²) in [5.74, 6) is 0.648. The first-order valence-corrected chi connectivity index (χ1v) is 7.85. The highest BCUT2D eigenvalue weighted by Gasteiger charge is 2.14. The summed E-state index contributed by atoms with van der Waals surface area (Å²) < 4.78 is 7.34. The van der Waals surface area contributed by atoms with Gasteiger partial charge in [0.2, 0.25) is 0 Å². The largest absolute Gasteiger partial charge is 0.494 e. The molecule has 3 aromatic rings. The topological polar surface area (TPSA) is 77.2 Å². The number of carbonyl (C=O) groups is 1. The van der Waals surface area contributed by atoms with Crippen molar-refractivity contribution >= 4 is 17.1 Å². The van der Waals surface area contributed by atoms with Crippen molar-refractivity contribution in [1.29, 1.82) is 0 Å². The highest BCUT2D eigenvalue weighted by molar-refractivity contribution is 5.75. The van der Waals surface area contributed by atoms with Crippen LogP contribution in [0, 0.1) is 6.92 Å². The molecule has 0 fully saturated rings. The molecule has 0 saturated heterocycles. The number of hydrogen-bond acceptors (Lipinski definition) is 4. The number of benzene rings is 1. The second-order valence-corrected chi connectivity index (χ2v) is 5.63. The average molecular weight is 325 g/mol. The van der Waals surface area contributed by atoms with Crippen LogP contribution >= 0.6 is 0 Å². The fourth-order valence-corrected chi connectivity index (χ4v) is 2.59. The minimum atomic E-state index is -0.904. The SMILES string of the molecule is Cc1cnc2c(c1)nc(CCCOc1ccccc1)n2CC(=O)O. The van der Waals surface area contributed by atoms with E-state index in [9.17, 15) is 4.79 Å². The Morgan fingerprint density at radius 1 is 1.29 bits per heavy atom. The molecule has 2 aromatic heterocycles. The zero-order chi connectivity index (χ0) is 16.9. The third kappa shape index (κ3) is 3.71. The summed E-state index contributed by atoms with van der Waals surface area (Å²) >= 11 is 0. The molecule has 0 saturated carbocycles. The number of para-hydroxylation sites is 1. The lowest BCUT2D eigenvalue weighted by Crippen LogP contribution is -2.13. The number of ether oxygens (including phenoxy) is 1. The van der Waals surface area contributed by atoms with Crippen LogP contribution in [0.25, 0.3) is 11.2 Å². The zero-order valence-corrected chi connectivity index (χ0v) is 13.5. The van der Waals surface area contributed by atoms with Gasteiger partial charge in [0.25, 0.3) is 0 Å². The minimum absolute atomic E-state index is 0.137. The predicted molar refractivity (Wildman–Crippen MR) is 90.2 cm³/mol. The van der Waals surface area contributed by atoms with Crippen molar-refractivity contribution in [3.8, 4) is 5.75 Å². The van der Waals surface area contributed by atoms with Crippen LogP contribution in [0.1, 0.15) is 17.8 Å². The molecule has 0 atom stereocenters. The van der Waals surface area contributed by atoms with Gasteiger partial charge in [-0.05, 0) is 37.1 Å². The first kappa shape index (κ1) is 16.0. The molecule has 0 aliphatic heterocycles. The first-order chi connectivity index (χ1) is 11.6. The van der Waals surface area contributed by atoms with Crippen LogP contribution in [-0.2, 0) is 17.8 Å². The number of aliphatic carboxylic acids is 1. The van der Waals surface area contributed by atoms with Crippen molar-refractivity contribution in [1.82, 2.24) is 14.5 Å². The van der Waals surface area contributed by atoms with E-state index in [-0.39, 0.29) is 6.54 Å². The molecule has 0 spiro atoms. The molecule has 1 N–H and O–H groups in total. The number of nitrogens with zero attached hydrogens (tertiary/aromatic N) is 3. The van der Waals surface area contributed by atoms with Crippen molar-refractivity contribution in [2.24, 2.45) is 0 Å². The van der Waals surface area contributed by atoms with Gasteiger partial charge < -0.3 is 14.4 Å². The molecule has 1 aromatic carbocycles. The van der Waals surface area contributed by atoms with Crippen molar-refractivity contribution in [2.75, 3.05) is 6.61 Å². The molecule has 0 unspecified atom stereocenters. The van der Waals surface area contributed by atoms with E-state index in [1.807, 2.05) is 43.3 Å². The maximum Gasteiger partial charge on any atom is 0.323 e. The molecule has 6 nitrogen and oxygen atoms in total. The Kier molecular flexibility index (Phi) is 4.74. The van der Waals surface area contributed by atoms with Crippen molar-refractivity contribution in [3.63, 3.8) is 0 Å². The Bertz CT molecular complexity index is 843. The molecule has 6 heteroatoms. The number of aryl methyl sites for hydroxylation is 2. The van der Waals surface area contributed by atoms with Crippen molar-refractivity contribution in [3.05, 3.63) is 54.0 Å². The zero-order valence-electron chi connectivity index (χ0n) is 13.5. The fourth-order valence-electron chi connectivity index (χ4n) is 2.59. The van der Waals surface area contributed by atoms with Gasteiger partial charge in [0.15, 0.2) is 5.65 Å². The summed E-state index contributed by atoms with van der Waals surface area (Å²) in [6, 6.07) is 11.5. The van der Waals surface area contributed by atoms with Crippen LogP contribution in [-0.4, -0.2) is 32.2 Å². The molecule has 124 valence electrons. The number of carboxylic acids is 1. The second-order valence-electron chi connectivity index (χ2n) is 5.63. The van der Waals surface area contributed by atoms with Gasteiger partial charge in [0.05, 0.1) is 6.61 Å². The Morgan fingerprint density at radius 2 is 2.08 bits per heavy atom. The standard InChI is InChI=1S/C18H19N3O3/c1-13-10-15-18(19-11-13)21(12-17(22)23)16(20-15)8-5-9-24-14-6-3-2-4-7-14/h2-4,6-7,10-11H,5,8-9,12H2,1H3,(H,22,23). The summed E-state index contributed by atoms with van der Waals surface area (Å²) in [6.45, 7) is 2.35. The number of carboxylic acid groups (broad SMARTS) is 1. The Balaban J connectivity index is 1.71. The summed E-state index contributed by atoms with van der Waals surface area (Å²) in [4.78, 5) is 20.0. The number of rotatable bonds is 7. The molecular weight excluding hydrogens is 306 g/mol. The maximum absolute atomic E-state index is 11.1. The van der Waals surface area contributed by atoms with Gasteiger partial charge in [-0.25, -0.2) is 9.97 Å². The van der Waals surface area contributed by atoms with Gasteiger partial charge in [-0.2, -0.15) is 0 Å². The number of aromatic nitrogens is 3. The molecule has 3 rings (SSSR count). The van der Waals surface area contributed by atoms with Crippen LogP contribution in [0.5, 0.6) is 5.75 Å².